The number of carbonyl (C=O) groups is 1. The smallest absolute Gasteiger partial charge is 0.193 e. The summed E-state index contributed by atoms with van der Waals surface area (Å²) in [6.07, 6.45) is 0. The van der Waals surface area contributed by atoms with Gasteiger partial charge in [0.05, 0.1) is 17.1 Å². The van der Waals surface area contributed by atoms with Crippen LogP contribution in [0.3, 0.4) is 0 Å². The van der Waals surface area contributed by atoms with Crippen LogP contribution in [-0.4, -0.2) is 5.78 Å². The van der Waals surface area contributed by atoms with E-state index < -0.39 is 0 Å². The number of ketones is 1. The maximum Gasteiger partial charge on any atom is 0.193 e. The van der Waals surface area contributed by atoms with E-state index in [1.807, 2.05) is 42.5 Å². The quantitative estimate of drug-likeness (QED) is 0.101. The number of benzene rings is 13. The largest absolute Gasteiger partial charge is 0.310 e. The van der Waals surface area contributed by atoms with Crippen molar-refractivity contribution < 1.29 is 4.79 Å². The van der Waals surface area contributed by atoms with Gasteiger partial charge in [-0.15, -0.1) is 0 Å². The van der Waals surface area contributed by atoms with Crippen LogP contribution < -0.4 is 19.6 Å². The van der Waals surface area contributed by atoms with Crippen LogP contribution in [0.5, 0.6) is 0 Å². The minimum Gasteiger partial charge on any atom is -0.310 e. The van der Waals surface area contributed by atoms with Crippen LogP contribution in [0, 0.1) is 12.1 Å². The molecule has 14 rings (SSSR count). The molecule has 14 aromatic rings. The molecule has 82 heavy (non-hydrogen) atoms. The minimum absolute atomic E-state index is 0.157. The average Bonchev–Trinajstić information content (AvgIpc) is 3.70. The Bertz CT molecular complexity index is 4030. The number of hydrogen-bond acceptors (Lipinski definition) is 5. The fourth-order valence-electron chi connectivity index (χ4n) is 11.6. The third-order valence-electron chi connectivity index (χ3n) is 15.3. The summed E-state index contributed by atoms with van der Waals surface area (Å²) >= 11 is 0. The first kappa shape index (κ1) is 49.1. The highest BCUT2D eigenvalue weighted by atomic mass is 16.1. The van der Waals surface area contributed by atoms with Crippen LogP contribution >= 0.6 is 0 Å². The lowest BCUT2D eigenvalue weighted by Gasteiger charge is -2.31. The number of nitrogens with zero attached hydrogens (tertiary/aromatic N) is 4. The molecular formula is C77H52N4O. The first-order valence-corrected chi connectivity index (χ1v) is 27.6. The lowest BCUT2D eigenvalue weighted by molar-refractivity contribution is 0.103. The maximum absolute atomic E-state index is 16.8. The molecule has 5 nitrogen and oxygen atoms in total. The molecule has 0 atom stereocenters. The van der Waals surface area contributed by atoms with Crippen LogP contribution in [0.1, 0.15) is 15.9 Å². The minimum atomic E-state index is -0.157. The Kier molecular flexibility index (Phi) is 12.9. The number of rotatable bonds is 14. The lowest BCUT2D eigenvalue weighted by atomic mass is 9.97. The summed E-state index contributed by atoms with van der Waals surface area (Å²) in [6, 6.07) is 116. The number of fused-ring (bicyclic) bond motifs is 4. The molecule has 0 amide bonds. The summed E-state index contributed by atoms with van der Waals surface area (Å²) in [4.78, 5) is 25.9. The van der Waals surface area contributed by atoms with Gasteiger partial charge < -0.3 is 19.6 Å². The highest BCUT2D eigenvalue weighted by molar-refractivity contribution is 6.13. The summed E-state index contributed by atoms with van der Waals surface area (Å²) in [7, 11) is 0. The summed E-state index contributed by atoms with van der Waals surface area (Å²) in [6.45, 7) is 0. The Morgan fingerprint density at radius 3 is 0.927 bits per heavy atom. The third kappa shape index (κ3) is 9.26. The van der Waals surface area contributed by atoms with Crippen molar-refractivity contribution in [2.45, 2.75) is 0 Å². The SMILES string of the molecule is O=C(c1cc(N(c2ccccc2)c2c#ccc3ccccc23)cc(N(c2ccccc2)c2cccc3ccccc23)c1)c1cc(N(c2ccccc2)c2cccc3ccccc23)cc(N(c2ccccc2)c2cccc3ccccc23)c1. The molecule has 0 spiro atoms. The van der Waals surface area contributed by atoms with Crippen molar-refractivity contribution in [3.8, 4) is 0 Å². The highest BCUT2D eigenvalue weighted by Crippen LogP contribution is 2.48. The molecule has 0 saturated heterocycles. The Morgan fingerprint density at radius 2 is 0.549 bits per heavy atom. The van der Waals surface area contributed by atoms with Crippen molar-refractivity contribution in [1.29, 1.82) is 0 Å². The molecule has 0 saturated carbocycles. The molecule has 0 fully saturated rings. The van der Waals surface area contributed by atoms with Gasteiger partial charge in [-0.2, -0.15) is 0 Å². The van der Waals surface area contributed by atoms with Gasteiger partial charge in [0.15, 0.2) is 5.78 Å². The van der Waals surface area contributed by atoms with E-state index in [0.29, 0.717) is 11.1 Å². The van der Waals surface area contributed by atoms with Gasteiger partial charge in [0.25, 0.3) is 0 Å². The summed E-state index contributed by atoms with van der Waals surface area (Å²) in [5.74, 6) is -0.157. The molecule has 0 bridgehead atoms. The maximum atomic E-state index is 16.8. The second kappa shape index (κ2) is 21.6. The van der Waals surface area contributed by atoms with Crippen LogP contribution in [0.4, 0.5) is 68.2 Å². The zero-order chi connectivity index (χ0) is 54.8. The molecule has 0 unspecified atom stereocenters. The standard InChI is InChI=1S/C77H52N4O/c82-77(59-49-65(78(61-33-5-1-6-34-61)73-45-21-29-55-25-13-17-41-69(55)73)53-66(50-59)79(62-35-7-2-8-36-62)74-46-22-30-56-26-14-18-42-70(56)74)60-51-67(80(63-37-9-3-10-38-63)75-47-23-31-57-27-15-19-43-71(57)75)54-68(52-60)81(64-39-11-4-12-40-64)76-48-24-32-58-28-16-20-44-72(58)76/h1-23,25-47,49-54H. The van der Waals surface area contributed by atoms with Crippen molar-refractivity contribution in [2.24, 2.45) is 0 Å². The first-order valence-electron chi connectivity index (χ1n) is 27.6. The van der Waals surface area contributed by atoms with Crippen molar-refractivity contribution in [3.63, 3.8) is 0 Å². The van der Waals surface area contributed by atoms with Gasteiger partial charge in [0.1, 0.15) is 5.69 Å². The molecular weight excluding hydrogens is 997 g/mol. The van der Waals surface area contributed by atoms with Gasteiger partial charge in [-0.05, 0) is 137 Å². The number of para-hydroxylation sites is 4. The van der Waals surface area contributed by atoms with E-state index in [4.69, 9.17) is 0 Å². The van der Waals surface area contributed by atoms with Crippen LogP contribution in [-0.2, 0) is 0 Å². The van der Waals surface area contributed by atoms with Crippen molar-refractivity contribution in [2.75, 3.05) is 19.6 Å². The molecule has 0 N–H and O–H groups in total. The summed E-state index contributed by atoms with van der Waals surface area (Å²) in [5, 5.41) is 8.58. The van der Waals surface area contributed by atoms with Gasteiger partial charge in [0.2, 0.25) is 0 Å². The van der Waals surface area contributed by atoms with Gasteiger partial charge in [-0.1, -0.05) is 212 Å². The molecule has 0 heterocycles. The first-order chi connectivity index (χ1) is 40.6. The zero-order valence-corrected chi connectivity index (χ0v) is 44.7. The second-order valence-electron chi connectivity index (χ2n) is 20.3. The molecule has 0 aliphatic carbocycles. The Labute approximate surface area is 477 Å². The Hall–Kier alpha value is -11.2. The second-order valence-corrected chi connectivity index (χ2v) is 20.3. The van der Waals surface area contributed by atoms with E-state index in [1.165, 1.54) is 0 Å². The van der Waals surface area contributed by atoms with Crippen LogP contribution in [0.2, 0.25) is 0 Å². The van der Waals surface area contributed by atoms with E-state index in [0.717, 1.165) is 111 Å². The van der Waals surface area contributed by atoms with E-state index >= 15 is 4.79 Å². The zero-order valence-electron chi connectivity index (χ0n) is 44.7. The van der Waals surface area contributed by atoms with E-state index in [1.54, 1.807) is 0 Å². The number of hydrogen-bond donors (Lipinski definition) is 0. The van der Waals surface area contributed by atoms with Gasteiger partial charge in [-0.3, -0.25) is 4.79 Å². The van der Waals surface area contributed by atoms with Gasteiger partial charge in [-0.25, -0.2) is 0 Å². The van der Waals surface area contributed by atoms with Crippen molar-refractivity contribution in [1.82, 2.24) is 0 Å². The topological polar surface area (TPSA) is 30.0 Å². The van der Waals surface area contributed by atoms with Crippen LogP contribution in [0.15, 0.2) is 315 Å². The Morgan fingerprint density at radius 1 is 0.256 bits per heavy atom. The molecule has 0 radical (unpaired) electrons. The lowest BCUT2D eigenvalue weighted by Crippen LogP contribution is -2.17. The monoisotopic (exact) mass is 1050 g/mol. The van der Waals surface area contributed by atoms with E-state index in [2.05, 4.69) is 305 Å². The van der Waals surface area contributed by atoms with E-state index in [-0.39, 0.29) is 5.78 Å². The molecule has 0 aromatic heterocycles. The molecule has 0 aliphatic heterocycles. The fourth-order valence-corrected chi connectivity index (χ4v) is 11.6. The number of anilines is 12. The molecule has 14 aromatic carbocycles. The molecule has 386 valence electrons. The predicted molar refractivity (Wildman–Crippen MR) is 343 cm³/mol. The number of carbonyl (C=O) groups excluding carboxylic acids is 1. The molecule has 5 heteroatoms. The fraction of sp³-hybridized carbons (Fsp3) is 0. The van der Waals surface area contributed by atoms with Crippen molar-refractivity contribution in [3.05, 3.63) is 339 Å². The normalized spacial score (nSPS) is 11.1. The summed E-state index contributed by atoms with van der Waals surface area (Å²) < 4.78 is 0. The highest BCUT2D eigenvalue weighted by Gasteiger charge is 2.27. The van der Waals surface area contributed by atoms with E-state index in [9.17, 15) is 0 Å². The third-order valence-corrected chi connectivity index (χ3v) is 15.3. The van der Waals surface area contributed by atoms with Crippen molar-refractivity contribution >= 4 is 117 Å². The van der Waals surface area contributed by atoms with Crippen LogP contribution in [0.25, 0.3) is 43.1 Å². The summed E-state index contributed by atoms with van der Waals surface area (Å²) in [5.41, 5.74) is 11.7. The van der Waals surface area contributed by atoms with Gasteiger partial charge in [0, 0.05) is 78.2 Å². The average molecular weight is 1050 g/mol. The van der Waals surface area contributed by atoms with Gasteiger partial charge >= 0.3 is 0 Å². The predicted octanol–water partition coefficient (Wildman–Crippen LogP) is 21.0. The Balaban J connectivity index is 1.06. The molecule has 0 aliphatic rings.